The van der Waals surface area contributed by atoms with Gasteiger partial charge >= 0.3 is 0 Å². The Balaban J connectivity index is 2.30. The fourth-order valence-electron chi connectivity index (χ4n) is 2.47. The molecule has 1 N–H and O–H groups in total. The minimum absolute atomic E-state index is 0.132. The molecule has 1 heterocycles. The lowest BCUT2D eigenvalue weighted by molar-refractivity contribution is -0.00871. The normalized spacial score (nSPS) is 21.4. The van der Waals surface area contributed by atoms with Crippen molar-refractivity contribution in [3.8, 4) is 0 Å². The predicted molar refractivity (Wildman–Crippen MR) is 66.3 cm³/mol. The summed E-state index contributed by atoms with van der Waals surface area (Å²) in [7, 11) is 0. The average molecular weight is 273 g/mol. The maximum absolute atomic E-state index is 13.9. The molecule has 0 amide bonds. The maximum atomic E-state index is 13.9. The smallest absolute Gasteiger partial charge is 0.194 e. The Kier molecular flexibility index (Phi) is 4.82. The Morgan fingerprint density at radius 1 is 1.26 bits per heavy atom. The van der Waals surface area contributed by atoms with Crippen LogP contribution in [0.15, 0.2) is 12.1 Å². The van der Waals surface area contributed by atoms with Crippen molar-refractivity contribution in [3.05, 3.63) is 35.1 Å². The van der Waals surface area contributed by atoms with Crippen molar-refractivity contribution in [1.29, 1.82) is 0 Å². The monoisotopic (exact) mass is 273 g/mol. The summed E-state index contributed by atoms with van der Waals surface area (Å²) in [5.41, 5.74) is 0.132. The van der Waals surface area contributed by atoms with Gasteiger partial charge in [-0.3, -0.25) is 0 Å². The highest BCUT2D eigenvalue weighted by molar-refractivity contribution is 5.25. The van der Waals surface area contributed by atoms with Gasteiger partial charge in [0, 0.05) is 12.2 Å². The van der Waals surface area contributed by atoms with Crippen LogP contribution in [-0.4, -0.2) is 19.3 Å². The number of likely N-dealkylation sites (N-methyl/N-ethyl adjacent to an activating group) is 1. The third kappa shape index (κ3) is 3.09. The molecule has 1 fully saturated rings. The summed E-state index contributed by atoms with van der Waals surface area (Å²) in [6.45, 7) is 3.11. The molecule has 0 radical (unpaired) electrons. The largest absolute Gasteiger partial charge is 0.376 e. The van der Waals surface area contributed by atoms with Gasteiger partial charge in [-0.15, -0.1) is 0 Å². The van der Waals surface area contributed by atoms with Crippen molar-refractivity contribution in [3.63, 3.8) is 0 Å². The zero-order valence-corrected chi connectivity index (χ0v) is 10.9. The van der Waals surface area contributed by atoms with E-state index in [2.05, 4.69) is 5.32 Å². The second-order valence-corrected chi connectivity index (χ2v) is 4.70. The van der Waals surface area contributed by atoms with E-state index in [1.165, 1.54) is 6.07 Å². The van der Waals surface area contributed by atoms with Gasteiger partial charge in [-0.05, 0) is 31.9 Å². The maximum Gasteiger partial charge on any atom is 0.194 e. The van der Waals surface area contributed by atoms with Gasteiger partial charge in [-0.2, -0.15) is 0 Å². The first-order valence-electron chi connectivity index (χ1n) is 6.63. The van der Waals surface area contributed by atoms with Gasteiger partial charge < -0.3 is 10.1 Å². The lowest BCUT2D eigenvalue weighted by Gasteiger charge is -2.31. The highest BCUT2D eigenvalue weighted by atomic mass is 19.2. The van der Waals surface area contributed by atoms with E-state index in [1.807, 2.05) is 6.92 Å². The van der Waals surface area contributed by atoms with Crippen LogP contribution in [0.2, 0.25) is 0 Å². The molecule has 1 aromatic carbocycles. The molecule has 0 saturated carbocycles. The lowest BCUT2D eigenvalue weighted by Crippen LogP contribution is -2.36. The standard InChI is InChI=1S/C14H18F3NO/c1-2-18-14(11-5-3-4-8-19-11)9-6-7-10(15)13(17)12(9)16/h6-7,11,14,18H,2-5,8H2,1H3. The predicted octanol–water partition coefficient (Wildman–Crippen LogP) is 3.32. The summed E-state index contributed by atoms with van der Waals surface area (Å²) in [5.74, 6) is -3.71. The zero-order chi connectivity index (χ0) is 13.8. The van der Waals surface area contributed by atoms with Crippen LogP contribution in [0.1, 0.15) is 37.8 Å². The molecule has 1 aromatic rings. The third-order valence-electron chi connectivity index (χ3n) is 3.41. The minimum Gasteiger partial charge on any atom is -0.376 e. The van der Waals surface area contributed by atoms with E-state index < -0.39 is 23.5 Å². The van der Waals surface area contributed by atoms with Crippen molar-refractivity contribution in [1.82, 2.24) is 5.32 Å². The van der Waals surface area contributed by atoms with Crippen LogP contribution < -0.4 is 5.32 Å². The quantitative estimate of drug-likeness (QED) is 0.850. The summed E-state index contributed by atoms with van der Waals surface area (Å²) in [6, 6.07) is 1.81. The number of halogens is 3. The molecule has 19 heavy (non-hydrogen) atoms. The fourth-order valence-corrected chi connectivity index (χ4v) is 2.47. The van der Waals surface area contributed by atoms with Crippen LogP contribution in [0.5, 0.6) is 0 Å². The first kappa shape index (κ1) is 14.3. The van der Waals surface area contributed by atoms with Gasteiger partial charge in [-0.25, -0.2) is 13.2 Å². The van der Waals surface area contributed by atoms with E-state index in [9.17, 15) is 13.2 Å². The lowest BCUT2D eigenvalue weighted by atomic mass is 9.95. The van der Waals surface area contributed by atoms with Crippen molar-refractivity contribution < 1.29 is 17.9 Å². The van der Waals surface area contributed by atoms with Crippen molar-refractivity contribution in [2.75, 3.05) is 13.2 Å². The summed E-state index contributed by atoms with van der Waals surface area (Å²) < 4.78 is 45.8. The molecule has 2 nitrogen and oxygen atoms in total. The van der Waals surface area contributed by atoms with Crippen molar-refractivity contribution in [2.45, 2.75) is 38.3 Å². The number of hydrogen-bond donors (Lipinski definition) is 1. The van der Waals surface area contributed by atoms with Crippen LogP contribution in [-0.2, 0) is 4.74 Å². The van der Waals surface area contributed by atoms with Crippen LogP contribution >= 0.6 is 0 Å². The first-order valence-corrected chi connectivity index (χ1v) is 6.63. The van der Waals surface area contributed by atoms with Gasteiger partial charge in [0.15, 0.2) is 17.5 Å². The van der Waals surface area contributed by atoms with E-state index in [4.69, 9.17) is 4.74 Å². The topological polar surface area (TPSA) is 21.3 Å². The average Bonchev–Trinajstić information content (AvgIpc) is 2.44. The van der Waals surface area contributed by atoms with Gasteiger partial charge in [0.2, 0.25) is 0 Å². The van der Waals surface area contributed by atoms with Gasteiger partial charge in [0.05, 0.1) is 12.1 Å². The van der Waals surface area contributed by atoms with E-state index in [0.29, 0.717) is 13.2 Å². The molecule has 0 spiro atoms. The van der Waals surface area contributed by atoms with Gasteiger partial charge in [0.25, 0.3) is 0 Å². The van der Waals surface area contributed by atoms with Crippen molar-refractivity contribution >= 4 is 0 Å². The molecule has 1 aliphatic rings. The summed E-state index contributed by atoms with van der Waals surface area (Å²) in [4.78, 5) is 0. The van der Waals surface area contributed by atoms with E-state index in [-0.39, 0.29) is 11.7 Å². The number of ether oxygens (including phenoxy) is 1. The number of hydrogen-bond acceptors (Lipinski definition) is 2. The molecule has 0 aliphatic carbocycles. The molecule has 2 rings (SSSR count). The third-order valence-corrected chi connectivity index (χ3v) is 3.41. The van der Waals surface area contributed by atoms with Crippen LogP contribution in [0.3, 0.4) is 0 Å². The van der Waals surface area contributed by atoms with Crippen molar-refractivity contribution in [2.24, 2.45) is 0 Å². The molecule has 0 aromatic heterocycles. The Morgan fingerprint density at radius 2 is 2.05 bits per heavy atom. The zero-order valence-electron chi connectivity index (χ0n) is 10.9. The number of nitrogens with one attached hydrogen (secondary N) is 1. The second kappa shape index (κ2) is 6.39. The second-order valence-electron chi connectivity index (χ2n) is 4.70. The van der Waals surface area contributed by atoms with E-state index in [1.54, 1.807) is 0 Å². The molecule has 1 aliphatic heterocycles. The summed E-state index contributed by atoms with van der Waals surface area (Å²) >= 11 is 0. The van der Waals surface area contributed by atoms with Crippen LogP contribution in [0.25, 0.3) is 0 Å². The Bertz CT molecular complexity index is 433. The Labute approximate surface area is 111 Å². The highest BCUT2D eigenvalue weighted by Gasteiger charge is 2.29. The molecular weight excluding hydrogens is 255 g/mol. The van der Waals surface area contributed by atoms with Crippen LogP contribution in [0.4, 0.5) is 13.2 Å². The number of rotatable bonds is 4. The Hall–Kier alpha value is -1.07. The van der Waals surface area contributed by atoms with Gasteiger partial charge in [-0.1, -0.05) is 13.0 Å². The number of benzene rings is 1. The molecule has 0 bridgehead atoms. The first-order chi connectivity index (χ1) is 9.15. The summed E-state index contributed by atoms with van der Waals surface area (Å²) in [6.07, 6.45) is 2.57. The van der Waals surface area contributed by atoms with Crippen LogP contribution in [0, 0.1) is 17.5 Å². The highest BCUT2D eigenvalue weighted by Crippen LogP contribution is 2.29. The van der Waals surface area contributed by atoms with E-state index in [0.717, 1.165) is 25.3 Å². The molecule has 106 valence electrons. The molecule has 2 unspecified atom stereocenters. The Morgan fingerprint density at radius 3 is 2.68 bits per heavy atom. The summed E-state index contributed by atoms with van der Waals surface area (Å²) in [5, 5.41) is 3.10. The van der Waals surface area contributed by atoms with Gasteiger partial charge in [0.1, 0.15) is 0 Å². The molecule has 5 heteroatoms. The van der Waals surface area contributed by atoms with E-state index >= 15 is 0 Å². The molecule has 1 saturated heterocycles. The molecular formula is C14H18F3NO. The fraction of sp³-hybridized carbons (Fsp3) is 0.571. The minimum atomic E-state index is -1.42. The molecule has 2 atom stereocenters. The SMILES string of the molecule is CCNC(c1ccc(F)c(F)c1F)C1CCCCO1.